The maximum absolute atomic E-state index is 13.7. The number of pyridine rings is 1. The van der Waals surface area contributed by atoms with Crippen molar-refractivity contribution in [1.82, 2.24) is 15.6 Å². The lowest BCUT2D eigenvalue weighted by molar-refractivity contribution is 0.0638. The Hall–Kier alpha value is -5.26. The molecule has 0 bridgehead atoms. The molecule has 4 N–H and O–H groups in total. The minimum Gasteiger partial charge on any atom is -0.444 e. The van der Waals surface area contributed by atoms with Crippen LogP contribution in [-0.4, -0.2) is 65.7 Å². The summed E-state index contributed by atoms with van der Waals surface area (Å²) in [7, 11) is 0. The predicted molar refractivity (Wildman–Crippen MR) is 179 cm³/mol. The lowest BCUT2D eigenvalue weighted by Gasteiger charge is -2.29. The number of hydrogen-bond donors (Lipinski definition) is 4. The normalized spacial score (nSPS) is 15.8. The summed E-state index contributed by atoms with van der Waals surface area (Å²) in [5.41, 5.74) is 2.95. The SMILES string of the molecule is O=C(Nc1ccccc1C(=O)N[C@@H](Cc1ccccc1)C[C@H](O)[C@H](Cc1ccccc1)NC(=O)OC1CCOC1)OCc1ccccn1. The number of hydrogen-bond acceptors (Lipinski definition) is 8. The van der Waals surface area contributed by atoms with Gasteiger partial charge in [-0.1, -0.05) is 78.9 Å². The topological polar surface area (TPSA) is 148 Å². The van der Waals surface area contributed by atoms with E-state index in [-0.39, 0.29) is 30.4 Å². The minimum atomic E-state index is -1.05. The van der Waals surface area contributed by atoms with Crippen molar-refractivity contribution < 1.29 is 33.7 Å². The molecule has 1 fully saturated rings. The van der Waals surface area contributed by atoms with Gasteiger partial charge in [0.05, 0.1) is 42.3 Å². The molecule has 3 amide bonds. The molecule has 0 saturated carbocycles. The molecule has 48 heavy (non-hydrogen) atoms. The molecule has 1 unspecified atom stereocenters. The van der Waals surface area contributed by atoms with E-state index in [0.29, 0.717) is 38.2 Å². The first-order chi connectivity index (χ1) is 23.4. The molecule has 1 aromatic heterocycles. The predicted octanol–water partition coefficient (Wildman–Crippen LogP) is 5.05. The smallest absolute Gasteiger partial charge is 0.412 e. The zero-order valence-corrected chi connectivity index (χ0v) is 26.5. The number of aromatic nitrogens is 1. The first-order valence-electron chi connectivity index (χ1n) is 16.0. The average Bonchev–Trinajstić information content (AvgIpc) is 3.61. The van der Waals surface area contributed by atoms with E-state index in [0.717, 1.165) is 11.1 Å². The lowest BCUT2D eigenvalue weighted by atomic mass is 9.93. The highest BCUT2D eigenvalue weighted by molar-refractivity contribution is 6.02. The second-order valence-electron chi connectivity index (χ2n) is 11.6. The highest BCUT2D eigenvalue weighted by Gasteiger charge is 2.29. The van der Waals surface area contributed by atoms with Crippen LogP contribution in [-0.2, 0) is 33.7 Å². The highest BCUT2D eigenvalue weighted by Crippen LogP contribution is 2.19. The Labute approximate surface area is 279 Å². The van der Waals surface area contributed by atoms with Crippen LogP contribution in [0.1, 0.15) is 40.0 Å². The van der Waals surface area contributed by atoms with E-state index < -0.39 is 36.3 Å². The number of carbonyl (C=O) groups excluding carboxylic acids is 3. The Morgan fingerprint density at radius 3 is 2.21 bits per heavy atom. The Balaban J connectivity index is 1.29. The summed E-state index contributed by atoms with van der Waals surface area (Å²) in [4.78, 5) is 43.4. The zero-order chi connectivity index (χ0) is 33.6. The molecule has 1 aliphatic rings. The van der Waals surface area contributed by atoms with Gasteiger partial charge in [-0.15, -0.1) is 0 Å². The molecule has 1 aliphatic heterocycles. The van der Waals surface area contributed by atoms with Crippen LogP contribution in [0.3, 0.4) is 0 Å². The molecule has 4 aromatic rings. The molecule has 2 heterocycles. The third kappa shape index (κ3) is 10.6. The molecule has 0 radical (unpaired) electrons. The molecular weight excluding hydrogens is 612 g/mol. The van der Waals surface area contributed by atoms with Gasteiger partial charge in [-0.05, 0) is 54.7 Å². The average molecular weight is 653 g/mol. The first kappa shape index (κ1) is 34.1. The molecular formula is C37H40N4O7. The van der Waals surface area contributed by atoms with Crippen molar-refractivity contribution in [1.29, 1.82) is 0 Å². The van der Waals surface area contributed by atoms with Crippen molar-refractivity contribution in [3.63, 3.8) is 0 Å². The number of aliphatic hydroxyl groups is 1. The fourth-order valence-electron chi connectivity index (χ4n) is 5.46. The van der Waals surface area contributed by atoms with E-state index in [1.807, 2.05) is 60.7 Å². The van der Waals surface area contributed by atoms with Gasteiger partial charge in [-0.25, -0.2) is 9.59 Å². The van der Waals surface area contributed by atoms with Crippen LogP contribution in [0, 0.1) is 0 Å². The summed E-state index contributed by atoms with van der Waals surface area (Å²) in [5.74, 6) is -0.447. The van der Waals surface area contributed by atoms with Gasteiger partial charge in [0.25, 0.3) is 5.91 Å². The highest BCUT2D eigenvalue weighted by atomic mass is 16.6. The number of aliphatic hydroxyl groups excluding tert-OH is 1. The fourth-order valence-corrected chi connectivity index (χ4v) is 5.46. The van der Waals surface area contributed by atoms with Crippen LogP contribution in [0.5, 0.6) is 0 Å². The number of rotatable bonds is 14. The molecule has 11 nitrogen and oxygen atoms in total. The summed E-state index contributed by atoms with van der Waals surface area (Å²) in [6.45, 7) is 0.834. The summed E-state index contributed by atoms with van der Waals surface area (Å²) in [6.07, 6.45) is 0.330. The second kappa shape index (κ2) is 17.6. The van der Waals surface area contributed by atoms with Gasteiger partial charge in [0, 0.05) is 18.7 Å². The van der Waals surface area contributed by atoms with E-state index in [4.69, 9.17) is 14.2 Å². The van der Waals surface area contributed by atoms with Crippen LogP contribution < -0.4 is 16.0 Å². The van der Waals surface area contributed by atoms with E-state index in [9.17, 15) is 19.5 Å². The first-order valence-corrected chi connectivity index (χ1v) is 16.0. The van der Waals surface area contributed by atoms with Gasteiger partial charge in [0.1, 0.15) is 12.7 Å². The van der Waals surface area contributed by atoms with Crippen LogP contribution >= 0.6 is 0 Å². The largest absolute Gasteiger partial charge is 0.444 e. The van der Waals surface area contributed by atoms with Gasteiger partial charge < -0.3 is 30.0 Å². The van der Waals surface area contributed by atoms with Gasteiger partial charge in [-0.2, -0.15) is 0 Å². The third-order valence-corrected chi connectivity index (χ3v) is 7.90. The standard InChI is InChI=1S/C37H40N4O7/c42-34(33(22-27-13-5-2-6-14-27)41-37(45)48-30-18-20-46-25-30)23-29(21-26-11-3-1-4-12-26)39-35(43)31-16-7-8-17-32(31)40-36(44)47-24-28-15-9-10-19-38-28/h1-17,19,29-30,33-34,42H,18,20-25H2,(H,39,43)(H,40,44)(H,41,45)/t29-,30?,33-,34-/m0/s1. The monoisotopic (exact) mass is 652 g/mol. The number of nitrogens with zero attached hydrogens (tertiary/aromatic N) is 1. The molecule has 5 rings (SSSR count). The second-order valence-corrected chi connectivity index (χ2v) is 11.6. The van der Waals surface area contributed by atoms with E-state index in [2.05, 4.69) is 20.9 Å². The number of para-hydroxylation sites is 1. The van der Waals surface area contributed by atoms with Crippen LogP contribution in [0.4, 0.5) is 15.3 Å². The van der Waals surface area contributed by atoms with Crippen molar-refractivity contribution in [3.05, 3.63) is 132 Å². The van der Waals surface area contributed by atoms with Crippen molar-refractivity contribution in [2.45, 2.75) is 56.6 Å². The molecule has 0 spiro atoms. The number of ether oxygens (including phenoxy) is 3. The molecule has 11 heteroatoms. The summed E-state index contributed by atoms with van der Waals surface area (Å²) >= 11 is 0. The maximum atomic E-state index is 13.7. The quantitative estimate of drug-likeness (QED) is 0.148. The summed E-state index contributed by atoms with van der Waals surface area (Å²) in [5, 5.41) is 20.2. The van der Waals surface area contributed by atoms with E-state index in [1.54, 1.807) is 48.7 Å². The molecule has 3 aromatic carbocycles. The van der Waals surface area contributed by atoms with Crippen molar-refractivity contribution in [3.8, 4) is 0 Å². The van der Waals surface area contributed by atoms with E-state index >= 15 is 0 Å². The Kier molecular flexibility index (Phi) is 12.5. The number of anilines is 1. The number of amides is 3. The Morgan fingerprint density at radius 2 is 1.52 bits per heavy atom. The minimum absolute atomic E-state index is 0.0295. The molecule has 250 valence electrons. The molecule has 4 atom stereocenters. The van der Waals surface area contributed by atoms with Crippen molar-refractivity contribution in [2.75, 3.05) is 18.5 Å². The fraction of sp³-hybridized carbons (Fsp3) is 0.297. The van der Waals surface area contributed by atoms with Gasteiger partial charge in [-0.3, -0.25) is 15.1 Å². The van der Waals surface area contributed by atoms with Gasteiger partial charge >= 0.3 is 12.2 Å². The lowest BCUT2D eigenvalue weighted by Crippen LogP contribution is -2.49. The number of alkyl carbamates (subject to hydrolysis) is 1. The summed E-state index contributed by atoms with van der Waals surface area (Å²) in [6, 6.07) is 29.8. The third-order valence-electron chi connectivity index (χ3n) is 7.90. The number of nitrogens with one attached hydrogen (secondary N) is 3. The molecule has 0 aliphatic carbocycles. The zero-order valence-electron chi connectivity index (χ0n) is 26.5. The maximum Gasteiger partial charge on any atom is 0.412 e. The number of benzene rings is 3. The Bertz CT molecular complexity index is 1600. The van der Waals surface area contributed by atoms with Crippen molar-refractivity contribution >= 4 is 23.8 Å². The van der Waals surface area contributed by atoms with E-state index in [1.165, 1.54) is 0 Å². The van der Waals surface area contributed by atoms with Crippen LogP contribution in [0.15, 0.2) is 109 Å². The van der Waals surface area contributed by atoms with Crippen molar-refractivity contribution in [2.24, 2.45) is 0 Å². The summed E-state index contributed by atoms with van der Waals surface area (Å²) < 4.78 is 16.2. The molecule has 1 saturated heterocycles. The van der Waals surface area contributed by atoms with Gasteiger partial charge in [0.15, 0.2) is 0 Å². The van der Waals surface area contributed by atoms with Crippen LogP contribution in [0.25, 0.3) is 0 Å². The Morgan fingerprint density at radius 1 is 0.833 bits per heavy atom. The number of carbonyl (C=O) groups is 3. The van der Waals surface area contributed by atoms with Gasteiger partial charge in [0.2, 0.25) is 0 Å². The van der Waals surface area contributed by atoms with Crippen LogP contribution in [0.2, 0.25) is 0 Å².